The van der Waals surface area contributed by atoms with Gasteiger partial charge in [0.25, 0.3) is 0 Å². The Morgan fingerprint density at radius 3 is 2.33 bits per heavy atom. The molecule has 1 amide bonds. The van der Waals surface area contributed by atoms with E-state index in [9.17, 15) is 22.8 Å². The van der Waals surface area contributed by atoms with E-state index in [1.165, 1.54) is 0 Å². The highest BCUT2D eigenvalue weighted by Crippen LogP contribution is 2.23. The molecule has 0 aliphatic heterocycles. The van der Waals surface area contributed by atoms with Gasteiger partial charge in [-0.2, -0.15) is 13.2 Å². The van der Waals surface area contributed by atoms with E-state index in [0.29, 0.717) is 10.9 Å². The molecule has 3 aromatic rings. The third-order valence-corrected chi connectivity index (χ3v) is 4.32. The molecule has 3 rings (SSSR count). The molecule has 1 heterocycles. The van der Waals surface area contributed by atoms with Crippen LogP contribution in [0.1, 0.15) is 15.9 Å². The summed E-state index contributed by atoms with van der Waals surface area (Å²) >= 11 is 0. The molecular formula is C20H17F3N2O2. The maximum atomic E-state index is 13.0. The Kier molecular flexibility index (Phi) is 5.03. The van der Waals surface area contributed by atoms with Gasteiger partial charge in [-0.05, 0) is 11.6 Å². The summed E-state index contributed by atoms with van der Waals surface area (Å²) in [6.45, 7) is 0. The van der Waals surface area contributed by atoms with E-state index in [2.05, 4.69) is 0 Å². The molecule has 140 valence electrons. The molecule has 4 nitrogen and oxygen atoms in total. The number of benzene rings is 2. The van der Waals surface area contributed by atoms with E-state index in [1.807, 2.05) is 17.4 Å². The van der Waals surface area contributed by atoms with Crippen molar-refractivity contribution in [2.24, 2.45) is 7.05 Å². The molecule has 2 aromatic carbocycles. The first-order valence-electron chi connectivity index (χ1n) is 8.27. The second-order valence-corrected chi connectivity index (χ2v) is 6.25. The molecule has 0 fully saturated rings. The third-order valence-electron chi connectivity index (χ3n) is 4.32. The minimum Gasteiger partial charge on any atom is -0.350 e. The summed E-state index contributed by atoms with van der Waals surface area (Å²) in [6, 6.07) is 14.4. The highest BCUT2D eigenvalue weighted by Gasteiger charge is 2.41. The van der Waals surface area contributed by atoms with E-state index in [0.717, 1.165) is 5.52 Å². The Labute approximate surface area is 153 Å². The second kappa shape index (κ2) is 7.26. The van der Waals surface area contributed by atoms with Crippen molar-refractivity contribution < 1.29 is 22.8 Å². The zero-order valence-electron chi connectivity index (χ0n) is 14.5. The SMILES string of the molecule is Cn1cc(C(=O)C(Cc2ccccc2)NC(=O)C(F)(F)F)c2ccccc21. The van der Waals surface area contributed by atoms with Crippen LogP contribution in [0.2, 0.25) is 0 Å². The molecule has 0 radical (unpaired) electrons. The van der Waals surface area contributed by atoms with Crippen LogP contribution in [0.3, 0.4) is 0 Å². The summed E-state index contributed by atoms with van der Waals surface area (Å²) in [5.74, 6) is -2.69. The maximum Gasteiger partial charge on any atom is 0.471 e. The number of hydrogen-bond acceptors (Lipinski definition) is 2. The molecule has 7 heteroatoms. The van der Waals surface area contributed by atoms with Crippen LogP contribution in [0.5, 0.6) is 0 Å². The number of hydrogen-bond donors (Lipinski definition) is 1. The van der Waals surface area contributed by atoms with Gasteiger partial charge in [0.1, 0.15) is 0 Å². The van der Waals surface area contributed by atoms with E-state index < -0.39 is 23.9 Å². The summed E-state index contributed by atoms with van der Waals surface area (Å²) in [5.41, 5.74) is 1.71. The lowest BCUT2D eigenvalue weighted by molar-refractivity contribution is -0.174. The molecule has 27 heavy (non-hydrogen) atoms. The van der Waals surface area contributed by atoms with Crippen molar-refractivity contribution in [1.29, 1.82) is 0 Å². The van der Waals surface area contributed by atoms with Crippen molar-refractivity contribution in [1.82, 2.24) is 9.88 Å². The number of aryl methyl sites for hydroxylation is 1. The van der Waals surface area contributed by atoms with Crippen LogP contribution in [0, 0.1) is 0 Å². The fourth-order valence-electron chi connectivity index (χ4n) is 3.02. The molecule has 0 saturated carbocycles. The normalized spacial score (nSPS) is 12.7. The van der Waals surface area contributed by atoms with Gasteiger partial charge >= 0.3 is 12.1 Å². The van der Waals surface area contributed by atoms with Gasteiger partial charge < -0.3 is 9.88 Å². The predicted molar refractivity (Wildman–Crippen MR) is 95.4 cm³/mol. The van der Waals surface area contributed by atoms with Crippen LogP contribution < -0.4 is 5.32 Å². The van der Waals surface area contributed by atoms with Crippen LogP contribution in [-0.2, 0) is 18.3 Å². The van der Waals surface area contributed by atoms with Gasteiger partial charge in [-0.15, -0.1) is 0 Å². The molecule has 0 saturated heterocycles. The number of carbonyl (C=O) groups is 2. The van der Waals surface area contributed by atoms with Gasteiger partial charge in [0.05, 0.1) is 6.04 Å². The zero-order valence-corrected chi connectivity index (χ0v) is 14.5. The monoisotopic (exact) mass is 374 g/mol. The fraction of sp³-hybridized carbons (Fsp3) is 0.200. The van der Waals surface area contributed by atoms with Crippen LogP contribution in [0.25, 0.3) is 10.9 Å². The molecule has 0 spiro atoms. The number of Topliss-reactive ketones (excluding diaryl/α,β-unsaturated/α-hetero) is 1. The Morgan fingerprint density at radius 1 is 1.04 bits per heavy atom. The number of alkyl halides is 3. The molecule has 1 unspecified atom stereocenters. The number of carbonyl (C=O) groups excluding carboxylic acids is 2. The topological polar surface area (TPSA) is 51.1 Å². The number of halogens is 3. The minimum atomic E-state index is -5.06. The van der Waals surface area contributed by atoms with E-state index in [4.69, 9.17) is 0 Å². The first kappa shape index (κ1) is 18.7. The molecule has 0 bridgehead atoms. The number of amides is 1. The Balaban J connectivity index is 1.97. The number of para-hydroxylation sites is 1. The Bertz CT molecular complexity index is 978. The largest absolute Gasteiger partial charge is 0.471 e. The van der Waals surface area contributed by atoms with Crippen LogP contribution >= 0.6 is 0 Å². The zero-order chi connectivity index (χ0) is 19.6. The van der Waals surface area contributed by atoms with Crippen molar-refractivity contribution in [2.75, 3.05) is 0 Å². The molecular weight excluding hydrogens is 357 g/mol. The van der Waals surface area contributed by atoms with Crippen molar-refractivity contribution in [3.8, 4) is 0 Å². The number of ketones is 1. The van der Waals surface area contributed by atoms with Gasteiger partial charge in [-0.1, -0.05) is 48.5 Å². The lowest BCUT2D eigenvalue weighted by Gasteiger charge is -2.18. The van der Waals surface area contributed by atoms with Crippen molar-refractivity contribution in [3.63, 3.8) is 0 Å². The van der Waals surface area contributed by atoms with Crippen molar-refractivity contribution in [3.05, 3.63) is 71.9 Å². The van der Waals surface area contributed by atoms with E-state index in [-0.39, 0.29) is 12.0 Å². The number of nitrogens with zero attached hydrogens (tertiary/aromatic N) is 1. The average molecular weight is 374 g/mol. The Hall–Kier alpha value is -3.09. The van der Waals surface area contributed by atoms with Crippen LogP contribution in [0.15, 0.2) is 60.8 Å². The number of aromatic nitrogens is 1. The van der Waals surface area contributed by atoms with Crippen molar-refractivity contribution in [2.45, 2.75) is 18.6 Å². The number of rotatable bonds is 5. The quantitative estimate of drug-likeness (QED) is 0.693. The summed E-state index contributed by atoms with van der Waals surface area (Å²) in [6.07, 6.45) is -3.52. The fourth-order valence-corrected chi connectivity index (χ4v) is 3.02. The Morgan fingerprint density at radius 2 is 1.67 bits per heavy atom. The van der Waals surface area contributed by atoms with Crippen LogP contribution in [0.4, 0.5) is 13.2 Å². The highest BCUT2D eigenvalue weighted by molar-refractivity contribution is 6.11. The van der Waals surface area contributed by atoms with Gasteiger partial charge in [0, 0.05) is 36.1 Å². The minimum absolute atomic E-state index is 0.0370. The lowest BCUT2D eigenvalue weighted by Crippen LogP contribution is -2.48. The summed E-state index contributed by atoms with van der Waals surface area (Å²) in [7, 11) is 1.75. The molecule has 0 aliphatic carbocycles. The smallest absolute Gasteiger partial charge is 0.350 e. The summed E-state index contributed by atoms with van der Waals surface area (Å²) in [5, 5.41) is 2.48. The standard InChI is InChI=1S/C20H17F3N2O2/c1-25-12-15(14-9-5-6-10-17(14)25)18(26)16(24-19(27)20(21,22)23)11-13-7-3-2-4-8-13/h2-10,12,16H,11H2,1H3,(H,24,27). The lowest BCUT2D eigenvalue weighted by atomic mass is 9.97. The van der Waals surface area contributed by atoms with Crippen LogP contribution in [-0.4, -0.2) is 28.5 Å². The van der Waals surface area contributed by atoms with E-state index in [1.54, 1.807) is 60.3 Å². The average Bonchev–Trinajstić information content (AvgIpc) is 2.98. The first-order chi connectivity index (χ1) is 12.8. The summed E-state index contributed by atoms with van der Waals surface area (Å²) < 4.78 is 40.0. The summed E-state index contributed by atoms with van der Waals surface area (Å²) in [4.78, 5) is 24.5. The predicted octanol–water partition coefficient (Wildman–Crippen LogP) is 3.65. The molecule has 1 aromatic heterocycles. The number of fused-ring (bicyclic) bond motifs is 1. The first-order valence-corrected chi connectivity index (χ1v) is 8.27. The van der Waals surface area contributed by atoms with Gasteiger partial charge in [-0.25, -0.2) is 0 Å². The van der Waals surface area contributed by atoms with E-state index >= 15 is 0 Å². The van der Waals surface area contributed by atoms with Crippen molar-refractivity contribution >= 4 is 22.6 Å². The second-order valence-electron chi connectivity index (χ2n) is 6.25. The van der Waals surface area contributed by atoms with Gasteiger partial charge in [0.2, 0.25) is 0 Å². The van der Waals surface area contributed by atoms with Gasteiger partial charge in [-0.3, -0.25) is 9.59 Å². The maximum absolute atomic E-state index is 13.0. The molecule has 1 atom stereocenters. The number of nitrogens with one attached hydrogen (secondary N) is 1. The highest BCUT2D eigenvalue weighted by atomic mass is 19.4. The molecule has 0 aliphatic rings. The third kappa shape index (κ3) is 4.02. The molecule has 1 N–H and O–H groups in total. The van der Waals surface area contributed by atoms with Gasteiger partial charge in [0.15, 0.2) is 5.78 Å².